The molecule has 1 aromatic heterocycles. The molecule has 1 aliphatic heterocycles. The van der Waals surface area contributed by atoms with Gasteiger partial charge in [-0.15, -0.1) is 0 Å². The van der Waals surface area contributed by atoms with Crippen LogP contribution in [0.15, 0.2) is 11.1 Å². The van der Waals surface area contributed by atoms with Crippen molar-refractivity contribution in [3.8, 4) is 0 Å². The van der Waals surface area contributed by atoms with Crippen molar-refractivity contribution >= 4 is 17.9 Å². The molecule has 1 saturated heterocycles. The average molecular weight is 312 g/mol. The lowest BCUT2D eigenvalue weighted by atomic mass is 10.2. The molecular formula is C12H16N4O6. The molecule has 3 atom stereocenters. The Balaban J connectivity index is 2.15. The van der Waals surface area contributed by atoms with Crippen LogP contribution in [0.1, 0.15) is 26.5 Å². The molecule has 0 saturated carbocycles. The van der Waals surface area contributed by atoms with Crippen LogP contribution < -0.4 is 11.4 Å². The smallest absolute Gasteiger partial charge is 0.354 e. The SMILES string of the molecule is CC(=O)OC[C@H]1OC(n2cnc(N)nc2=O)C[C@H]1OC(C)=O. The minimum absolute atomic E-state index is 0.0889. The summed E-state index contributed by atoms with van der Waals surface area (Å²) < 4.78 is 16.8. The second-order valence-electron chi connectivity index (χ2n) is 4.72. The molecule has 1 aromatic rings. The predicted octanol–water partition coefficient (Wildman–Crippen LogP) is -0.997. The number of rotatable bonds is 4. The summed E-state index contributed by atoms with van der Waals surface area (Å²) >= 11 is 0. The van der Waals surface area contributed by atoms with Crippen LogP contribution in [0.5, 0.6) is 0 Å². The monoisotopic (exact) mass is 312 g/mol. The van der Waals surface area contributed by atoms with Gasteiger partial charge < -0.3 is 19.9 Å². The fraction of sp³-hybridized carbons (Fsp3) is 0.583. The van der Waals surface area contributed by atoms with E-state index in [-0.39, 0.29) is 19.0 Å². The molecule has 0 radical (unpaired) electrons. The summed E-state index contributed by atoms with van der Waals surface area (Å²) in [4.78, 5) is 41.1. The van der Waals surface area contributed by atoms with Crippen molar-refractivity contribution in [3.05, 3.63) is 16.8 Å². The molecule has 2 heterocycles. The molecule has 2 rings (SSSR count). The van der Waals surface area contributed by atoms with E-state index in [0.29, 0.717) is 0 Å². The number of carbonyl (C=O) groups excluding carboxylic acids is 2. The molecule has 0 bridgehead atoms. The summed E-state index contributed by atoms with van der Waals surface area (Å²) in [6.07, 6.45) is -0.654. The Hall–Kier alpha value is -2.49. The van der Waals surface area contributed by atoms with Gasteiger partial charge in [0.15, 0.2) is 0 Å². The number of aromatic nitrogens is 3. The van der Waals surface area contributed by atoms with Crippen molar-refractivity contribution in [2.24, 2.45) is 0 Å². The quantitative estimate of drug-likeness (QED) is 0.694. The van der Waals surface area contributed by atoms with Crippen molar-refractivity contribution in [3.63, 3.8) is 0 Å². The Kier molecular flexibility index (Phi) is 4.71. The van der Waals surface area contributed by atoms with Crippen LogP contribution in [0.3, 0.4) is 0 Å². The molecule has 0 amide bonds. The third kappa shape index (κ3) is 3.79. The lowest BCUT2D eigenvalue weighted by molar-refractivity contribution is -0.155. The highest BCUT2D eigenvalue weighted by atomic mass is 16.6. The van der Waals surface area contributed by atoms with Crippen molar-refractivity contribution < 1.29 is 23.8 Å². The molecule has 1 aliphatic rings. The summed E-state index contributed by atoms with van der Waals surface area (Å²) in [7, 11) is 0. The fourth-order valence-corrected chi connectivity index (χ4v) is 2.11. The van der Waals surface area contributed by atoms with E-state index in [9.17, 15) is 14.4 Å². The maximum Gasteiger partial charge on any atom is 0.354 e. The van der Waals surface area contributed by atoms with Crippen molar-refractivity contribution in [1.82, 2.24) is 14.5 Å². The molecule has 0 aliphatic carbocycles. The Bertz CT molecular complexity index is 630. The van der Waals surface area contributed by atoms with Gasteiger partial charge in [0.25, 0.3) is 0 Å². The Morgan fingerprint density at radius 2 is 2.18 bits per heavy atom. The first-order valence-corrected chi connectivity index (χ1v) is 6.53. The number of hydrogen-bond acceptors (Lipinski definition) is 9. The first kappa shape index (κ1) is 15.9. The zero-order valence-corrected chi connectivity index (χ0v) is 12.1. The molecule has 2 N–H and O–H groups in total. The van der Waals surface area contributed by atoms with Crippen LogP contribution >= 0.6 is 0 Å². The maximum absolute atomic E-state index is 11.8. The number of hydrogen-bond donors (Lipinski definition) is 1. The fourth-order valence-electron chi connectivity index (χ4n) is 2.11. The highest BCUT2D eigenvalue weighted by Gasteiger charge is 2.39. The van der Waals surface area contributed by atoms with Crippen molar-refractivity contribution in [1.29, 1.82) is 0 Å². The Morgan fingerprint density at radius 1 is 1.45 bits per heavy atom. The van der Waals surface area contributed by atoms with Crippen LogP contribution in [0, 0.1) is 0 Å². The maximum atomic E-state index is 11.8. The predicted molar refractivity (Wildman–Crippen MR) is 71.4 cm³/mol. The minimum atomic E-state index is -0.738. The van der Waals surface area contributed by atoms with Gasteiger partial charge in [-0.25, -0.2) is 9.78 Å². The van der Waals surface area contributed by atoms with E-state index in [1.165, 1.54) is 20.2 Å². The van der Waals surface area contributed by atoms with Gasteiger partial charge in [-0.1, -0.05) is 0 Å². The molecule has 120 valence electrons. The molecule has 22 heavy (non-hydrogen) atoms. The van der Waals surface area contributed by atoms with Gasteiger partial charge in [-0.05, 0) is 0 Å². The van der Waals surface area contributed by atoms with E-state index in [4.69, 9.17) is 19.9 Å². The van der Waals surface area contributed by atoms with Crippen LogP contribution in [-0.4, -0.2) is 45.3 Å². The minimum Gasteiger partial charge on any atom is -0.463 e. The lowest BCUT2D eigenvalue weighted by Crippen LogP contribution is -2.31. The van der Waals surface area contributed by atoms with Gasteiger partial charge in [0.1, 0.15) is 31.4 Å². The number of anilines is 1. The van der Waals surface area contributed by atoms with Gasteiger partial charge in [0, 0.05) is 20.3 Å². The second kappa shape index (κ2) is 6.52. The van der Waals surface area contributed by atoms with Gasteiger partial charge in [0.05, 0.1) is 0 Å². The molecule has 0 aromatic carbocycles. The summed E-state index contributed by atoms with van der Waals surface area (Å²) in [6, 6.07) is 0. The van der Waals surface area contributed by atoms with Crippen LogP contribution in [-0.2, 0) is 23.8 Å². The summed E-state index contributed by atoms with van der Waals surface area (Å²) in [5.41, 5.74) is 4.69. The largest absolute Gasteiger partial charge is 0.463 e. The molecule has 0 spiro atoms. The number of esters is 2. The first-order valence-electron chi connectivity index (χ1n) is 6.53. The Labute approximate surface area is 125 Å². The normalized spacial score (nSPS) is 24.0. The summed E-state index contributed by atoms with van der Waals surface area (Å²) in [6.45, 7) is 2.43. The van der Waals surface area contributed by atoms with Crippen molar-refractivity contribution in [2.75, 3.05) is 12.3 Å². The molecular weight excluding hydrogens is 296 g/mol. The molecule has 10 nitrogen and oxygen atoms in total. The van der Waals surface area contributed by atoms with E-state index in [0.717, 1.165) is 4.57 Å². The molecule has 1 unspecified atom stereocenters. The van der Waals surface area contributed by atoms with E-state index < -0.39 is 36.1 Å². The van der Waals surface area contributed by atoms with Gasteiger partial charge in [0.2, 0.25) is 5.95 Å². The van der Waals surface area contributed by atoms with E-state index in [1.54, 1.807) is 0 Å². The molecule has 1 fully saturated rings. The van der Waals surface area contributed by atoms with Crippen LogP contribution in [0.2, 0.25) is 0 Å². The number of nitrogen functional groups attached to an aromatic ring is 1. The number of nitrogens with two attached hydrogens (primary N) is 1. The average Bonchev–Trinajstić information content (AvgIpc) is 2.78. The second-order valence-corrected chi connectivity index (χ2v) is 4.72. The van der Waals surface area contributed by atoms with Crippen molar-refractivity contribution in [2.45, 2.75) is 38.7 Å². The van der Waals surface area contributed by atoms with E-state index in [2.05, 4.69) is 9.97 Å². The number of carbonyl (C=O) groups is 2. The Morgan fingerprint density at radius 3 is 2.77 bits per heavy atom. The standard InChI is InChI=1S/C12H16N4O6/c1-6(17)20-4-9-8(21-7(2)18)3-10(22-9)16-5-14-11(13)15-12(16)19/h5,8-10H,3-4H2,1-2H3,(H2,13,15,19)/t8-,9-,10?/m1/s1. The van der Waals surface area contributed by atoms with Crippen LogP contribution in [0.4, 0.5) is 5.95 Å². The zero-order valence-electron chi connectivity index (χ0n) is 12.1. The van der Waals surface area contributed by atoms with Gasteiger partial charge in [-0.3, -0.25) is 14.2 Å². The lowest BCUT2D eigenvalue weighted by Gasteiger charge is -2.17. The number of ether oxygens (including phenoxy) is 3. The third-order valence-corrected chi connectivity index (χ3v) is 3.00. The third-order valence-electron chi connectivity index (χ3n) is 3.00. The number of nitrogens with zero attached hydrogens (tertiary/aromatic N) is 3. The highest BCUT2D eigenvalue weighted by Crippen LogP contribution is 2.30. The first-order chi connectivity index (χ1) is 10.4. The highest BCUT2D eigenvalue weighted by molar-refractivity contribution is 5.66. The van der Waals surface area contributed by atoms with Crippen LogP contribution in [0.25, 0.3) is 0 Å². The van der Waals surface area contributed by atoms with Gasteiger partial charge in [-0.2, -0.15) is 4.98 Å². The zero-order chi connectivity index (χ0) is 16.3. The van der Waals surface area contributed by atoms with E-state index in [1.807, 2.05) is 0 Å². The summed E-state index contributed by atoms with van der Waals surface area (Å²) in [5, 5.41) is 0. The summed E-state index contributed by atoms with van der Waals surface area (Å²) in [5.74, 6) is -1.13. The van der Waals surface area contributed by atoms with E-state index >= 15 is 0 Å². The molecule has 10 heteroatoms. The van der Waals surface area contributed by atoms with Gasteiger partial charge >= 0.3 is 17.6 Å². The topological polar surface area (TPSA) is 136 Å².